The van der Waals surface area contributed by atoms with Crippen molar-refractivity contribution in [2.75, 3.05) is 16.8 Å². The van der Waals surface area contributed by atoms with Crippen LogP contribution in [-0.4, -0.2) is 26.5 Å². The van der Waals surface area contributed by atoms with Gasteiger partial charge in [0, 0.05) is 37.5 Å². The summed E-state index contributed by atoms with van der Waals surface area (Å²) in [6, 6.07) is 6.18. The molecule has 9 heteroatoms. The molecule has 0 saturated carbocycles. The molecule has 30 heavy (non-hydrogen) atoms. The van der Waals surface area contributed by atoms with Crippen molar-refractivity contribution >= 4 is 11.6 Å². The second-order valence-electron chi connectivity index (χ2n) is 7.35. The van der Waals surface area contributed by atoms with Crippen LogP contribution in [0.25, 0.3) is 0 Å². The zero-order valence-corrected chi connectivity index (χ0v) is 16.6. The molecule has 1 aliphatic heterocycles. The van der Waals surface area contributed by atoms with Gasteiger partial charge in [0.25, 0.3) is 0 Å². The van der Waals surface area contributed by atoms with Crippen molar-refractivity contribution in [2.24, 2.45) is 0 Å². The smallest absolute Gasteiger partial charge is 0.363 e. The Morgan fingerprint density at radius 1 is 1.03 bits per heavy atom. The van der Waals surface area contributed by atoms with Crippen LogP contribution >= 0.6 is 0 Å². The van der Waals surface area contributed by atoms with Crippen molar-refractivity contribution in [3.05, 3.63) is 71.1 Å². The van der Waals surface area contributed by atoms with E-state index in [2.05, 4.69) is 30.2 Å². The molecule has 0 radical (unpaired) electrons. The first-order chi connectivity index (χ1) is 14.3. The predicted molar refractivity (Wildman–Crippen MR) is 107 cm³/mol. The van der Waals surface area contributed by atoms with Crippen molar-refractivity contribution in [2.45, 2.75) is 39.0 Å². The van der Waals surface area contributed by atoms with Crippen LogP contribution in [0, 0.1) is 6.92 Å². The summed E-state index contributed by atoms with van der Waals surface area (Å²) in [7, 11) is 0. The quantitative estimate of drug-likeness (QED) is 0.686. The average molecular weight is 414 g/mol. The first-order valence-corrected chi connectivity index (χ1v) is 9.61. The Hall–Kier alpha value is -3.23. The van der Waals surface area contributed by atoms with Crippen LogP contribution in [-0.2, 0) is 19.1 Å². The molecule has 0 spiro atoms. The lowest BCUT2D eigenvalue weighted by Crippen LogP contribution is -2.32. The fraction of sp³-hybridized carbons (Fsp3) is 0.333. The van der Waals surface area contributed by atoms with E-state index in [1.165, 1.54) is 18.6 Å². The summed E-state index contributed by atoms with van der Waals surface area (Å²) in [5.74, 6) is 1.56. The van der Waals surface area contributed by atoms with Crippen molar-refractivity contribution < 1.29 is 13.2 Å². The van der Waals surface area contributed by atoms with Crippen LogP contribution in [0.3, 0.4) is 0 Å². The molecule has 4 rings (SSSR count). The second-order valence-corrected chi connectivity index (χ2v) is 7.35. The van der Waals surface area contributed by atoms with E-state index in [4.69, 9.17) is 0 Å². The van der Waals surface area contributed by atoms with E-state index >= 15 is 0 Å². The number of rotatable bonds is 4. The zero-order valence-electron chi connectivity index (χ0n) is 16.6. The van der Waals surface area contributed by atoms with Gasteiger partial charge in [0.05, 0.1) is 11.7 Å². The number of hydrogen-bond donors (Lipinski definition) is 1. The average Bonchev–Trinajstić information content (AvgIpc) is 2.74. The highest BCUT2D eigenvalue weighted by Crippen LogP contribution is 2.30. The van der Waals surface area contributed by atoms with Crippen LogP contribution in [0.5, 0.6) is 0 Å². The second kappa shape index (κ2) is 7.89. The first-order valence-electron chi connectivity index (χ1n) is 9.61. The molecule has 0 aromatic carbocycles. The third kappa shape index (κ3) is 4.19. The molecule has 6 nitrogen and oxygen atoms in total. The molecular formula is C21H21F3N6. The molecule has 1 aliphatic rings. The standard InChI is InChI=1S/C21H21F3N6/c1-13-3-6-19(26-9-13)30-8-7-17-16(11-30)20(28-12-27-17)29-14(2)15-4-5-18(25-10-15)21(22,23)24/h3-6,9-10,12,14H,7-8,11H2,1-2H3,(H,27,28,29). The molecule has 1 atom stereocenters. The van der Waals surface area contributed by atoms with Gasteiger partial charge in [0.1, 0.15) is 23.7 Å². The van der Waals surface area contributed by atoms with Gasteiger partial charge in [0.15, 0.2) is 0 Å². The Labute approximate surface area is 172 Å². The Morgan fingerprint density at radius 3 is 2.53 bits per heavy atom. The summed E-state index contributed by atoms with van der Waals surface area (Å²) in [5, 5.41) is 3.31. The van der Waals surface area contributed by atoms with E-state index in [1.807, 2.05) is 32.2 Å². The molecule has 3 aromatic rings. The summed E-state index contributed by atoms with van der Waals surface area (Å²) in [4.78, 5) is 19.0. The number of aromatic nitrogens is 4. The number of alkyl halides is 3. The maximum Gasteiger partial charge on any atom is 0.433 e. The number of fused-ring (bicyclic) bond motifs is 1. The van der Waals surface area contributed by atoms with E-state index in [1.54, 1.807) is 0 Å². The Morgan fingerprint density at radius 2 is 1.87 bits per heavy atom. The Kier molecular flexibility index (Phi) is 5.27. The molecular weight excluding hydrogens is 393 g/mol. The highest BCUT2D eigenvalue weighted by atomic mass is 19.4. The van der Waals surface area contributed by atoms with Gasteiger partial charge >= 0.3 is 6.18 Å². The topological polar surface area (TPSA) is 66.8 Å². The maximum absolute atomic E-state index is 12.7. The van der Waals surface area contributed by atoms with Gasteiger partial charge in [0.2, 0.25) is 0 Å². The number of nitrogens with one attached hydrogen (secondary N) is 1. The zero-order chi connectivity index (χ0) is 21.3. The fourth-order valence-corrected chi connectivity index (χ4v) is 3.43. The summed E-state index contributed by atoms with van der Waals surface area (Å²) in [6.07, 6.45) is 0.910. The highest BCUT2D eigenvalue weighted by molar-refractivity contribution is 5.53. The third-order valence-corrected chi connectivity index (χ3v) is 5.15. The lowest BCUT2D eigenvalue weighted by atomic mass is 10.0. The number of anilines is 2. The van der Waals surface area contributed by atoms with Gasteiger partial charge in [-0.2, -0.15) is 13.2 Å². The first kappa shape index (κ1) is 20.1. The minimum Gasteiger partial charge on any atom is -0.363 e. The summed E-state index contributed by atoms with van der Waals surface area (Å²) >= 11 is 0. The maximum atomic E-state index is 12.7. The molecule has 1 unspecified atom stereocenters. The Balaban J connectivity index is 1.54. The van der Waals surface area contributed by atoms with Gasteiger partial charge in [-0.25, -0.2) is 15.0 Å². The monoisotopic (exact) mass is 414 g/mol. The Bertz CT molecular complexity index is 1020. The minimum atomic E-state index is -4.45. The van der Waals surface area contributed by atoms with Crippen LogP contribution in [0.2, 0.25) is 0 Å². The van der Waals surface area contributed by atoms with Gasteiger partial charge in [-0.15, -0.1) is 0 Å². The molecule has 0 aliphatic carbocycles. The van der Waals surface area contributed by atoms with Crippen LogP contribution in [0.4, 0.5) is 24.8 Å². The van der Waals surface area contributed by atoms with Gasteiger partial charge in [-0.05, 0) is 37.1 Å². The predicted octanol–water partition coefficient (Wildman–Crippen LogP) is 4.33. The van der Waals surface area contributed by atoms with Crippen LogP contribution in [0.1, 0.15) is 41.0 Å². The molecule has 0 amide bonds. The molecule has 156 valence electrons. The number of nitrogens with zero attached hydrogens (tertiary/aromatic N) is 5. The van der Waals surface area contributed by atoms with E-state index in [0.717, 1.165) is 41.7 Å². The summed E-state index contributed by atoms with van der Waals surface area (Å²) in [6.45, 7) is 5.26. The molecule has 0 fully saturated rings. The van der Waals surface area contributed by atoms with Gasteiger partial charge in [-0.3, -0.25) is 4.98 Å². The largest absolute Gasteiger partial charge is 0.433 e. The van der Waals surface area contributed by atoms with Crippen LogP contribution in [0.15, 0.2) is 43.0 Å². The lowest BCUT2D eigenvalue weighted by molar-refractivity contribution is -0.141. The SMILES string of the molecule is Cc1ccc(N2CCc3ncnc(NC(C)c4ccc(C(F)(F)F)nc4)c3C2)nc1. The molecule has 1 N–H and O–H groups in total. The molecule has 0 bridgehead atoms. The van der Waals surface area contributed by atoms with Crippen molar-refractivity contribution in [1.29, 1.82) is 0 Å². The fourth-order valence-electron chi connectivity index (χ4n) is 3.43. The van der Waals surface area contributed by atoms with Gasteiger partial charge < -0.3 is 10.2 Å². The van der Waals surface area contributed by atoms with E-state index in [-0.39, 0.29) is 6.04 Å². The number of aryl methyl sites for hydroxylation is 1. The van der Waals surface area contributed by atoms with Crippen molar-refractivity contribution in [3.63, 3.8) is 0 Å². The number of pyridine rings is 2. The third-order valence-electron chi connectivity index (χ3n) is 5.15. The number of hydrogen-bond acceptors (Lipinski definition) is 6. The molecule has 4 heterocycles. The van der Waals surface area contributed by atoms with E-state index in [9.17, 15) is 13.2 Å². The van der Waals surface area contributed by atoms with E-state index < -0.39 is 11.9 Å². The highest BCUT2D eigenvalue weighted by Gasteiger charge is 2.32. The lowest BCUT2D eigenvalue weighted by Gasteiger charge is -2.30. The summed E-state index contributed by atoms with van der Waals surface area (Å²) in [5.41, 5.74) is 2.77. The van der Waals surface area contributed by atoms with Gasteiger partial charge in [-0.1, -0.05) is 12.1 Å². The summed E-state index contributed by atoms with van der Waals surface area (Å²) < 4.78 is 38.2. The molecule has 3 aromatic heterocycles. The molecule has 0 saturated heterocycles. The van der Waals surface area contributed by atoms with E-state index in [0.29, 0.717) is 17.9 Å². The normalized spacial score (nSPS) is 14.9. The minimum absolute atomic E-state index is 0.272. The van der Waals surface area contributed by atoms with Crippen LogP contribution < -0.4 is 10.2 Å². The van der Waals surface area contributed by atoms with Crippen molar-refractivity contribution in [1.82, 2.24) is 19.9 Å². The van der Waals surface area contributed by atoms with Crippen molar-refractivity contribution in [3.8, 4) is 0 Å². The number of halogens is 3.